The van der Waals surface area contributed by atoms with E-state index in [4.69, 9.17) is 0 Å². The molecule has 0 aromatic heterocycles. The molecule has 0 unspecified atom stereocenters. The van der Waals surface area contributed by atoms with Crippen LogP contribution in [0.3, 0.4) is 0 Å². The molecule has 0 aromatic carbocycles. The molecule has 0 spiro atoms. The molecular weight excluding hydrogens is 194 g/mol. The number of rotatable bonds is 3. The Hall–Kier alpha value is 0.818. The molecule has 0 amide bonds. The van der Waals surface area contributed by atoms with E-state index in [1.807, 2.05) is 0 Å². The molecule has 0 rings (SSSR count). The first kappa shape index (κ1) is 7.82. The van der Waals surface area contributed by atoms with Crippen LogP contribution in [0.1, 0.15) is 20.8 Å². The molecule has 0 aliphatic carbocycles. The molecule has 1 radical (unpaired) electrons. The van der Waals surface area contributed by atoms with Gasteiger partial charge in [0, 0.05) is 0 Å². The molecule has 45 valence electrons. The van der Waals surface area contributed by atoms with Crippen molar-refractivity contribution in [1.82, 2.24) is 0 Å². The normalized spacial score (nSPS) is 10.3. The van der Waals surface area contributed by atoms with Gasteiger partial charge in [-0.2, -0.15) is 0 Å². The average Bonchev–Trinajstić information content (AvgIpc) is 1.72. The van der Waals surface area contributed by atoms with Crippen LogP contribution in [0.5, 0.6) is 0 Å². The quantitative estimate of drug-likeness (QED) is 0.626. The summed E-state index contributed by atoms with van der Waals surface area (Å²) in [5.41, 5.74) is 0. The van der Waals surface area contributed by atoms with Crippen molar-refractivity contribution in [3.63, 3.8) is 0 Å². The summed E-state index contributed by atoms with van der Waals surface area (Å²) in [6.45, 7) is 7.05. The minimum absolute atomic E-state index is 0.653. The van der Waals surface area contributed by atoms with E-state index in [1.54, 1.807) is 13.1 Å². The first-order valence-corrected chi connectivity index (χ1v) is 9.24. The fraction of sp³-hybridized carbons (Fsp3) is 1.00. The van der Waals surface area contributed by atoms with Gasteiger partial charge in [-0.15, -0.1) is 0 Å². The van der Waals surface area contributed by atoms with Gasteiger partial charge in [0.2, 0.25) is 0 Å². The van der Waals surface area contributed by atoms with Crippen molar-refractivity contribution < 1.29 is 0 Å². The summed E-state index contributed by atoms with van der Waals surface area (Å²) in [5, 5.41) is 0. The Labute approximate surface area is 54.3 Å². The van der Waals surface area contributed by atoms with E-state index in [0.717, 1.165) is 0 Å². The van der Waals surface area contributed by atoms with Crippen LogP contribution in [0.2, 0.25) is 13.1 Å². The molecule has 1 heteroatoms. The van der Waals surface area contributed by atoms with Crippen LogP contribution in [0.25, 0.3) is 0 Å². The van der Waals surface area contributed by atoms with E-state index in [1.165, 1.54) is 0 Å². The molecule has 0 atom stereocenters. The second kappa shape index (κ2) is 4.96. The molecular formula is C6H16Sb. The van der Waals surface area contributed by atoms with E-state index < -0.39 is 20.2 Å². The summed E-state index contributed by atoms with van der Waals surface area (Å²) in [5.74, 6) is 0. The zero-order valence-corrected chi connectivity index (χ0v) is 8.48. The van der Waals surface area contributed by atoms with Crippen molar-refractivity contribution in [2.45, 2.75) is 33.9 Å². The standard InChI is InChI=1S/3C2H5.Sb.H/c3*1-2;;/h3*1H2,2H3;;. The van der Waals surface area contributed by atoms with Gasteiger partial charge in [0.05, 0.1) is 0 Å². The Kier molecular flexibility index (Phi) is 5.55. The van der Waals surface area contributed by atoms with Crippen LogP contribution in [0, 0.1) is 0 Å². The van der Waals surface area contributed by atoms with Gasteiger partial charge in [0.25, 0.3) is 0 Å². The zero-order chi connectivity index (χ0) is 5.70. The fourth-order valence-electron chi connectivity index (χ4n) is 0.750. The zero-order valence-electron chi connectivity index (χ0n) is 5.62. The second-order valence-corrected chi connectivity index (χ2v) is 12.1. The van der Waals surface area contributed by atoms with Crippen molar-refractivity contribution in [3.05, 3.63) is 0 Å². The molecule has 0 aromatic rings. The van der Waals surface area contributed by atoms with Crippen molar-refractivity contribution in [1.29, 1.82) is 0 Å². The summed E-state index contributed by atoms with van der Waals surface area (Å²) >= 11 is -0.653. The maximum absolute atomic E-state index is 2.35. The predicted molar refractivity (Wildman–Crippen MR) is 38.6 cm³/mol. The van der Waals surface area contributed by atoms with Gasteiger partial charge in [0.1, 0.15) is 0 Å². The van der Waals surface area contributed by atoms with E-state index in [2.05, 4.69) is 20.8 Å². The molecule has 0 N–H and O–H groups in total. The predicted octanol–water partition coefficient (Wildman–Crippen LogP) is 2.27. The monoisotopic (exact) mass is 209 g/mol. The SMILES string of the molecule is C[CH2][SbH]([CH2]C)[CH2]C. The van der Waals surface area contributed by atoms with E-state index >= 15 is 0 Å². The first-order chi connectivity index (χ1) is 3.35. The van der Waals surface area contributed by atoms with Crippen molar-refractivity contribution in [2.24, 2.45) is 0 Å². The number of hydrogen-bond acceptors (Lipinski definition) is 0. The Bertz CT molecular complexity index is 25.7. The Morgan fingerprint density at radius 3 is 1.14 bits per heavy atom. The maximum atomic E-state index is 2.35. The third kappa shape index (κ3) is 3.40. The van der Waals surface area contributed by atoms with E-state index in [9.17, 15) is 0 Å². The Morgan fingerprint density at radius 2 is 1.14 bits per heavy atom. The molecule has 0 bridgehead atoms. The van der Waals surface area contributed by atoms with Gasteiger partial charge in [-0.05, 0) is 0 Å². The van der Waals surface area contributed by atoms with Gasteiger partial charge in [0.15, 0.2) is 0 Å². The van der Waals surface area contributed by atoms with Crippen LogP contribution in [-0.4, -0.2) is 20.2 Å². The van der Waals surface area contributed by atoms with Crippen LogP contribution < -0.4 is 0 Å². The summed E-state index contributed by atoms with van der Waals surface area (Å²) in [6.07, 6.45) is 0. The van der Waals surface area contributed by atoms with Crippen molar-refractivity contribution >= 4 is 20.2 Å². The van der Waals surface area contributed by atoms with E-state index in [0.29, 0.717) is 0 Å². The molecule has 0 heterocycles. The molecule has 0 fully saturated rings. The minimum atomic E-state index is -0.653. The molecule has 0 saturated carbocycles. The van der Waals surface area contributed by atoms with Crippen LogP contribution in [0.15, 0.2) is 0 Å². The van der Waals surface area contributed by atoms with Crippen LogP contribution in [-0.2, 0) is 0 Å². The Balaban J connectivity index is 2.99. The summed E-state index contributed by atoms with van der Waals surface area (Å²) < 4.78 is 4.65. The summed E-state index contributed by atoms with van der Waals surface area (Å²) in [4.78, 5) is 0. The van der Waals surface area contributed by atoms with Crippen molar-refractivity contribution in [2.75, 3.05) is 0 Å². The van der Waals surface area contributed by atoms with Gasteiger partial charge in [-0.1, -0.05) is 0 Å². The van der Waals surface area contributed by atoms with Gasteiger partial charge in [-0.25, -0.2) is 0 Å². The topological polar surface area (TPSA) is 0 Å². The van der Waals surface area contributed by atoms with Crippen LogP contribution in [0.4, 0.5) is 0 Å². The molecule has 0 nitrogen and oxygen atoms in total. The number of hydrogen-bond donors (Lipinski definition) is 0. The second-order valence-electron chi connectivity index (χ2n) is 1.81. The first-order valence-electron chi connectivity index (χ1n) is 3.18. The average molecular weight is 210 g/mol. The van der Waals surface area contributed by atoms with Gasteiger partial charge < -0.3 is 0 Å². The van der Waals surface area contributed by atoms with E-state index in [-0.39, 0.29) is 0 Å². The van der Waals surface area contributed by atoms with Crippen molar-refractivity contribution in [3.8, 4) is 0 Å². The van der Waals surface area contributed by atoms with Gasteiger partial charge in [-0.3, -0.25) is 0 Å². The Morgan fingerprint density at radius 1 is 0.857 bits per heavy atom. The third-order valence-electron chi connectivity index (χ3n) is 1.50. The molecule has 0 saturated heterocycles. The summed E-state index contributed by atoms with van der Waals surface area (Å²) in [6, 6.07) is 0. The summed E-state index contributed by atoms with van der Waals surface area (Å²) in [7, 11) is 0. The molecule has 0 aliphatic heterocycles. The van der Waals surface area contributed by atoms with Crippen LogP contribution >= 0.6 is 0 Å². The third-order valence-corrected chi connectivity index (χ3v) is 10.1. The van der Waals surface area contributed by atoms with Gasteiger partial charge >= 0.3 is 54.1 Å². The fourth-order valence-corrected chi connectivity index (χ4v) is 5.03. The molecule has 0 aliphatic rings. The molecule has 7 heavy (non-hydrogen) atoms.